The van der Waals surface area contributed by atoms with Crippen LogP contribution in [0.25, 0.3) is 28.1 Å². The molecule has 0 radical (unpaired) electrons. The molecule has 7 N–H and O–H groups in total. The Morgan fingerprint density at radius 2 is 1.51 bits per heavy atom. The fourth-order valence-corrected chi connectivity index (χ4v) is 4.18. The molecule has 0 bridgehead atoms. The second kappa shape index (κ2) is 9.92. The molecule has 1 aliphatic carbocycles. The number of para-hydroxylation sites is 2. The minimum absolute atomic E-state index is 0.398. The smallest absolute Gasteiger partial charge is 0.248 e. The molecular formula is C28H25N7O2. The lowest BCUT2D eigenvalue weighted by Gasteiger charge is -2.20. The highest BCUT2D eigenvalue weighted by atomic mass is 16.1. The summed E-state index contributed by atoms with van der Waals surface area (Å²) in [5, 5.41) is 4.08. The van der Waals surface area contributed by atoms with E-state index >= 15 is 0 Å². The number of nitrogens with zero attached hydrogens (tertiary/aromatic N) is 3. The molecule has 3 aromatic carbocycles. The van der Waals surface area contributed by atoms with Gasteiger partial charge >= 0.3 is 0 Å². The van der Waals surface area contributed by atoms with Crippen LogP contribution in [0.5, 0.6) is 0 Å². The van der Waals surface area contributed by atoms with Crippen molar-refractivity contribution in [2.45, 2.75) is 0 Å². The molecular weight excluding hydrogens is 466 g/mol. The second-order valence-electron chi connectivity index (χ2n) is 8.44. The summed E-state index contributed by atoms with van der Waals surface area (Å²) in [5.41, 5.74) is 23.1. The predicted molar refractivity (Wildman–Crippen MR) is 144 cm³/mol. The van der Waals surface area contributed by atoms with E-state index in [1.807, 2.05) is 48.5 Å². The number of benzene rings is 4. The molecule has 0 spiro atoms. The Morgan fingerprint density at radius 1 is 0.865 bits per heavy atom. The number of carbonyl (C=O) groups is 2. The van der Waals surface area contributed by atoms with E-state index in [1.165, 1.54) is 0 Å². The van der Waals surface area contributed by atoms with Crippen molar-refractivity contribution in [1.82, 2.24) is 9.55 Å². The maximum absolute atomic E-state index is 11.6. The van der Waals surface area contributed by atoms with Gasteiger partial charge in [-0.2, -0.15) is 0 Å². The summed E-state index contributed by atoms with van der Waals surface area (Å²) >= 11 is 0. The number of amides is 2. The van der Waals surface area contributed by atoms with E-state index in [-0.39, 0.29) is 0 Å². The maximum atomic E-state index is 11.6. The number of fused-ring (bicyclic) bond motifs is 2. The zero-order valence-electron chi connectivity index (χ0n) is 19.9. The number of hydrogen-bond acceptors (Lipinski definition) is 6. The Hall–Kier alpha value is -5.02. The van der Waals surface area contributed by atoms with Crippen LogP contribution in [0.1, 0.15) is 20.7 Å². The van der Waals surface area contributed by atoms with Crippen LogP contribution in [-0.4, -0.2) is 34.5 Å². The minimum atomic E-state index is -0.486. The molecule has 2 amide bonds. The summed E-state index contributed by atoms with van der Waals surface area (Å²) < 4.78 is 2.08. The summed E-state index contributed by atoms with van der Waals surface area (Å²) in [7, 11) is 0. The van der Waals surface area contributed by atoms with Crippen LogP contribution in [0.4, 0.5) is 11.4 Å². The molecule has 9 nitrogen and oxygen atoms in total. The summed E-state index contributed by atoms with van der Waals surface area (Å²) in [5.74, 6) is -0.969. The van der Waals surface area contributed by atoms with E-state index < -0.39 is 11.8 Å². The zero-order chi connectivity index (χ0) is 25.9. The first-order valence-electron chi connectivity index (χ1n) is 11.7. The Balaban J connectivity index is 1.72. The number of aromatic nitrogens is 2. The van der Waals surface area contributed by atoms with Gasteiger partial charge in [-0.1, -0.05) is 12.1 Å². The molecule has 0 saturated carbocycles. The quantitative estimate of drug-likeness (QED) is 0.258. The summed E-state index contributed by atoms with van der Waals surface area (Å²) in [6, 6.07) is 25.8. The molecule has 3 aromatic rings. The van der Waals surface area contributed by atoms with Crippen LogP contribution in [0.3, 0.4) is 0 Å². The summed E-state index contributed by atoms with van der Waals surface area (Å²) in [6.07, 6.45) is 0. The van der Waals surface area contributed by atoms with Crippen molar-refractivity contribution < 1.29 is 9.59 Å². The molecule has 0 unspecified atom stereocenters. The van der Waals surface area contributed by atoms with Gasteiger partial charge in [0.05, 0.1) is 40.0 Å². The van der Waals surface area contributed by atoms with Gasteiger partial charge in [-0.15, -0.1) is 0 Å². The van der Waals surface area contributed by atoms with Crippen molar-refractivity contribution in [3.63, 3.8) is 0 Å². The fraction of sp³-hybridized carbons (Fsp3) is 0.0714. The van der Waals surface area contributed by atoms with Crippen LogP contribution in [0, 0.1) is 0 Å². The standard InChI is InChI=1S/C28H25N7O2/c29-13-14-32-22-16-26-24(15-23(22)33-19-9-5-17(6-10-19)27(30)36)34-21-3-1-2-4-25(21)35(26)20-11-7-18(8-12-20)28(31)37/h1-12,15-16,33H,13-14,29H2,(H2,30,36)(H2,31,37). The maximum Gasteiger partial charge on any atom is 0.248 e. The van der Waals surface area contributed by atoms with E-state index in [0.29, 0.717) is 29.6 Å². The van der Waals surface area contributed by atoms with Gasteiger partial charge in [-0.25, -0.2) is 4.98 Å². The average molecular weight is 492 g/mol. The molecule has 5 rings (SSSR count). The number of nitrogens with one attached hydrogen (secondary N) is 1. The molecule has 2 aliphatic rings. The highest BCUT2D eigenvalue weighted by Gasteiger charge is 2.17. The van der Waals surface area contributed by atoms with Crippen molar-refractivity contribution in [3.05, 3.63) is 101 Å². The van der Waals surface area contributed by atoms with E-state index in [2.05, 4.69) is 9.88 Å². The van der Waals surface area contributed by atoms with Gasteiger partial charge in [0.25, 0.3) is 0 Å². The van der Waals surface area contributed by atoms with Crippen LogP contribution in [0.15, 0.2) is 89.9 Å². The molecule has 9 heteroatoms. The second-order valence-corrected chi connectivity index (χ2v) is 8.44. The highest BCUT2D eigenvalue weighted by molar-refractivity contribution is 5.94. The Morgan fingerprint density at radius 3 is 2.16 bits per heavy atom. The lowest BCUT2D eigenvalue weighted by atomic mass is 10.1. The number of nitrogens with two attached hydrogens (primary N) is 3. The third-order valence-corrected chi connectivity index (χ3v) is 5.97. The van der Waals surface area contributed by atoms with Gasteiger partial charge < -0.3 is 27.1 Å². The van der Waals surface area contributed by atoms with E-state index in [4.69, 9.17) is 27.2 Å². The molecule has 0 fully saturated rings. The third-order valence-electron chi connectivity index (χ3n) is 5.97. The van der Waals surface area contributed by atoms with Crippen molar-refractivity contribution in [2.75, 3.05) is 18.4 Å². The first-order valence-corrected chi connectivity index (χ1v) is 11.7. The normalized spacial score (nSPS) is 11.6. The van der Waals surface area contributed by atoms with Crippen LogP contribution >= 0.6 is 0 Å². The Kier molecular flexibility index (Phi) is 6.36. The van der Waals surface area contributed by atoms with Crippen molar-refractivity contribution in [1.29, 1.82) is 0 Å². The number of primary amides is 2. The van der Waals surface area contributed by atoms with Crippen LogP contribution in [0.2, 0.25) is 0 Å². The average Bonchev–Trinajstić information content (AvgIpc) is 2.91. The topological polar surface area (TPSA) is 154 Å². The number of hydrogen-bond donors (Lipinski definition) is 4. The minimum Gasteiger partial charge on any atom is -0.366 e. The first kappa shape index (κ1) is 23.7. The van der Waals surface area contributed by atoms with E-state index in [0.717, 1.165) is 39.5 Å². The molecule has 1 heterocycles. The van der Waals surface area contributed by atoms with Gasteiger partial charge in [0.1, 0.15) is 0 Å². The third kappa shape index (κ3) is 4.75. The SMILES string of the molecule is NCCN=c1cc2n(-c3ccc(C(N)=O)cc3)c3ccccc3nc-2cc1Nc1ccc(C(N)=O)cc1. The van der Waals surface area contributed by atoms with Crippen molar-refractivity contribution in [2.24, 2.45) is 22.2 Å². The molecule has 184 valence electrons. The lowest BCUT2D eigenvalue weighted by molar-refractivity contribution is 0.0992. The molecule has 37 heavy (non-hydrogen) atoms. The van der Waals surface area contributed by atoms with Crippen molar-refractivity contribution >= 4 is 34.2 Å². The fourth-order valence-electron chi connectivity index (χ4n) is 4.18. The number of rotatable bonds is 7. The van der Waals surface area contributed by atoms with E-state index in [1.54, 1.807) is 36.4 Å². The number of anilines is 2. The molecule has 0 atom stereocenters. The lowest BCUT2D eigenvalue weighted by Crippen LogP contribution is -2.17. The summed E-state index contributed by atoms with van der Waals surface area (Å²) in [4.78, 5) is 32.7. The van der Waals surface area contributed by atoms with Crippen molar-refractivity contribution in [3.8, 4) is 17.1 Å². The van der Waals surface area contributed by atoms with Gasteiger partial charge in [0.2, 0.25) is 11.8 Å². The van der Waals surface area contributed by atoms with Crippen LogP contribution < -0.4 is 27.9 Å². The Bertz CT molecular complexity index is 1660. The van der Waals surface area contributed by atoms with Crippen LogP contribution in [-0.2, 0) is 0 Å². The number of carbonyl (C=O) groups excluding carboxylic acids is 2. The molecule has 0 aromatic heterocycles. The Labute approximate surface area is 212 Å². The highest BCUT2D eigenvalue weighted by Crippen LogP contribution is 2.30. The zero-order valence-corrected chi connectivity index (χ0v) is 19.9. The van der Waals surface area contributed by atoms with Gasteiger partial charge in [-0.05, 0) is 72.8 Å². The predicted octanol–water partition coefficient (Wildman–Crippen LogP) is 2.93. The molecule has 1 aliphatic heterocycles. The summed E-state index contributed by atoms with van der Waals surface area (Å²) in [6.45, 7) is 0.838. The monoisotopic (exact) mass is 491 g/mol. The molecule has 0 saturated heterocycles. The van der Waals surface area contributed by atoms with E-state index in [9.17, 15) is 9.59 Å². The first-order chi connectivity index (χ1) is 17.9. The van der Waals surface area contributed by atoms with Gasteiger partial charge in [0, 0.05) is 29.0 Å². The largest absolute Gasteiger partial charge is 0.366 e. The van der Waals surface area contributed by atoms with Gasteiger partial charge in [0.15, 0.2) is 0 Å². The van der Waals surface area contributed by atoms with Gasteiger partial charge in [-0.3, -0.25) is 14.6 Å².